The Bertz CT molecular complexity index is 558. The van der Waals surface area contributed by atoms with Crippen molar-refractivity contribution in [1.29, 1.82) is 0 Å². The standard InChI is InChI=1S/C17H22BNO2.C2H6/c1-7-8-9-13(2)15-11-10-14(12-19-15)18-20-16(3,4)17(5,6)21-18;1-2/h7-12H,1-2H2,3-6H3;1-2H3/b9-8-;. The fourth-order valence-corrected chi connectivity index (χ4v) is 1.98. The van der Waals surface area contributed by atoms with E-state index in [1.807, 2.05) is 65.8 Å². The fourth-order valence-electron chi connectivity index (χ4n) is 1.98. The third-order valence-electron chi connectivity index (χ3n) is 4.07. The summed E-state index contributed by atoms with van der Waals surface area (Å²) in [5.41, 5.74) is 1.90. The van der Waals surface area contributed by atoms with Crippen molar-refractivity contribution in [3.63, 3.8) is 0 Å². The zero-order valence-corrected chi connectivity index (χ0v) is 15.2. The van der Waals surface area contributed by atoms with Gasteiger partial charge in [-0.3, -0.25) is 4.98 Å². The van der Waals surface area contributed by atoms with E-state index >= 15 is 0 Å². The molecule has 2 heterocycles. The van der Waals surface area contributed by atoms with Gasteiger partial charge in [-0.2, -0.15) is 0 Å². The number of hydrogen-bond donors (Lipinski definition) is 0. The van der Waals surface area contributed by atoms with Gasteiger partial charge in [-0.25, -0.2) is 0 Å². The van der Waals surface area contributed by atoms with Crippen molar-refractivity contribution in [2.45, 2.75) is 52.7 Å². The predicted molar refractivity (Wildman–Crippen MR) is 99.7 cm³/mol. The third-order valence-corrected chi connectivity index (χ3v) is 4.07. The SMILES string of the molecule is C=C/C=C\C(=C)c1ccc(B2OC(C)(C)C(C)(C)O2)cn1.CC. The molecule has 1 aromatic heterocycles. The summed E-state index contributed by atoms with van der Waals surface area (Å²) in [4.78, 5) is 4.43. The van der Waals surface area contributed by atoms with Crippen molar-refractivity contribution in [3.8, 4) is 0 Å². The van der Waals surface area contributed by atoms with Crippen molar-refractivity contribution in [1.82, 2.24) is 4.98 Å². The molecule has 0 saturated carbocycles. The molecule has 1 fully saturated rings. The highest BCUT2D eigenvalue weighted by atomic mass is 16.7. The Hall–Kier alpha value is -1.65. The molecule has 0 radical (unpaired) electrons. The molecule has 0 N–H and O–H groups in total. The van der Waals surface area contributed by atoms with Crippen molar-refractivity contribution in [2.75, 3.05) is 0 Å². The second kappa shape index (κ2) is 7.76. The van der Waals surface area contributed by atoms with E-state index in [1.165, 1.54) is 0 Å². The summed E-state index contributed by atoms with van der Waals surface area (Å²) in [5.74, 6) is 0. The Morgan fingerprint density at radius 1 is 1.13 bits per heavy atom. The first-order valence-corrected chi connectivity index (χ1v) is 8.07. The topological polar surface area (TPSA) is 31.4 Å². The molecule has 23 heavy (non-hydrogen) atoms. The van der Waals surface area contributed by atoms with Crippen LogP contribution in [-0.4, -0.2) is 23.3 Å². The number of hydrogen-bond acceptors (Lipinski definition) is 3. The molecule has 0 aliphatic carbocycles. The van der Waals surface area contributed by atoms with Crippen LogP contribution in [-0.2, 0) is 9.31 Å². The molecule has 1 saturated heterocycles. The average molecular weight is 313 g/mol. The van der Waals surface area contributed by atoms with E-state index in [0.717, 1.165) is 16.7 Å². The monoisotopic (exact) mass is 313 g/mol. The summed E-state index contributed by atoms with van der Waals surface area (Å²) in [6, 6.07) is 3.90. The van der Waals surface area contributed by atoms with Crippen LogP contribution in [0.15, 0.2) is 49.7 Å². The first-order chi connectivity index (χ1) is 10.8. The minimum absolute atomic E-state index is 0.341. The zero-order valence-electron chi connectivity index (χ0n) is 15.2. The fraction of sp³-hybridized carbons (Fsp3) is 0.421. The predicted octanol–water partition coefficient (Wildman–Crippen LogP) is 4.16. The average Bonchev–Trinajstić information content (AvgIpc) is 2.75. The van der Waals surface area contributed by atoms with Crippen LogP contribution >= 0.6 is 0 Å². The van der Waals surface area contributed by atoms with Gasteiger partial charge < -0.3 is 9.31 Å². The molecule has 2 rings (SSSR count). The molecular weight excluding hydrogens is 285 g/mol. The van der Waals surface area contributed by atoms with Crippen LogP contribution < -0.4 is 5.46 Å². The van der Waals surface area contributed by atoms with Gasteiger partial charge in [0.15, 0.2) is 0 Å². The van der Waals surface area contributed by atoms with Crippen LogP contribution in [0.4, 0.5) is 0 Å². The molecule has 0 atom stereocenters. The summed E-state index contributed by atoms with van der Waals surface area (Å²) in [6.45, 7) is 19.8. The van der Waals surface area contributed by atoms with Crippen LogP contribution in [0, 0.1) is 0 Å². The lowest BCUT2D eigenvalue weighted by Gasteiger charge is -2.32. The normalized spacial score (nSPS) is 18.4. The lowest BCUT2D eigenvalue weighted by molar-refractivity contribution is 0.00578. The Morgan fingerprint density at radius 2 is 1.70 bits per heavy atom. The van der Waals surface area contributed by atoms with Gasteiger partial charge >= 0.3 is 7.12 Å². The molecule has 1 aliphatic heterocycles. The van der Waals surface area contributed by atoms with Crippen LogP contribution in [0.5, 0.6) is 0 Å². The molecular formula is C19H28BNO2. The van der Waals surface area contributed by atoms with Gasteiger partial charge in [0.2, 0.25) is 0 Å². The molecule has 4 heteroatoms. The van der Waals surface area contributed by atoms with Gasteiger partial charge in [0.1, 0.15) is 0 Å². The van der Waals surface area contributed by atoms with Crippen molar-refractivity contribution in [3.05, 3.63) is 55.4 Å². The summed E-state index contributed by atoms with van der Waals surface area (Å²) in [5, 5.41) is 0. The third kappa shape index (κ3) is 4.43. The molecule has 0 amide bonds. The minimum atomic E-state index is -0.381. The maximum Gasteiger partial charge on any atom is 0.496 e. The quantitative estimate of drug-likeness (QED) is 0.618. The largest absolute Gasteiger partial charge is 0.496 e. The van der Waals surface area contributed by atoms with E-state index in [0.29, 0.717) is 0 Å². The minimum Gasteiger partial charge on any atom is -0.399 e. The van der Waals surface area contributed by atoms with Gasteiger partial charge in [-0.05, 0) is 39.3 Å². The lowest BCUT2D eigenvalue weighted by atomic mass is 9.80. The van der Waals surface area contributed by atoms with Crippen LogP contribution in [0.3, 0.4) is 0 Å². The Kier molecular flexibility index (Phi) is 6.54. The van der Waals surface area contributed by atoms with E-state index in [9.17, 15) is 0 Å². The first kappa shape index (κ1) is 19.4. The molecule has 1 aliphatic rings. The van der Waals surface area contributed by atoms with E-state index < -0.39 is 0 Å². The van der Waals surface area contributed by atoms with Crippen LogP contribution in [0.2, 0.25) is 0 Å². The Balaban J connectivity index is 0.00000127. The second-order valence-electron chi connectivity index (χ2n) is 6.19. The number of allylic oxidation sites excluding steroid dienone is 4. The van der Waals surface area contributed by atoms with E-state index in [-0.39, 0.29) is 18.3 Å². The highest BCUT2D eigenvalue weighted by Crippen LogP contribution is 2.36. The van der Waals surface area contributed by atoms with Gasteiger partial charge in [0.05, 0.1) is 16.9 Å². The van der Waals surface area contributed by atoms with Crippen molar-refractivity contribution >= 4 is 18.2 Å². The highest BCUT2D eigenvalue weighted by Gasteiger charge is 2.51. The first-order valence-electron chi connectivity index (χ1n) is 8.07. The number of rotatable bonds is 4. The van der Waals surface area contributed by atoms with Gasteiger partial charge in [0, 0.05) is 11.7 Å². The highest BCUT2D eigenvalue weighted by molar-refractivity contribution is 6.62. The number of aromatic nitrogens is 1. The summed E-state index contributed by atoms with van der Waals surface area (Å²) in [7, 11) is -0.381. The smallest absolute Gasteiger partial charge is 0.399 e. The van der Waals surface area contributed by atoms with Crippen molar-refractivity contribution in [2.24, 2.45) is 0 Å². The van der Waals surface area contributed by atoms with Gasteiger partial charge in [-0.1, -0.05) is 51.3 Å². The van der Waals surface area contributed by atoms with E-state index in [4.69, 9.17) is 9.31 Å². The summed E-state index contributed by atoms with van der Waals surface area (Å²) in [6.07, 6.45) is 7.21. The lowest BCUT2D eigenvalue weighted by Crippen LogP contribution is -2.41. The summed E-state index contributed by atoms with van der Waals surface area (Å²) >= 11 is 0. The van der Waals surface area contributed by atoms with Gasteiger partial charge in [-0.15, -0.1) is 0 Å². The molecule has 0 bridgehead atoms. The molecule has 1 aromatic rings. The molecule has 0 aromatic carbocycles. The zero-order chi connectivity index (χ0) is 17.7. The summed E-state index contributed by atoms with van der Waals surface area (Å²) < 4.78 is 12.0. The van der Waals surface area contributed by atoms with Crippen molar-refractivity contribution < 1.29 is 9.31 Å². The second-order valence-corrected chi connectivity index (χ2v) is 6.19. The number of nitrogens with zero attached hydrogens (tertiary/aromatic N) is 1. The van der Waals surface area contributed by atoms with Crippen LogP contribution in [0.1, 0.15) is 47.2 Å². The number of pyridine rings is 1. The molecule has 0 unspecified atom stereocenters. The molecule has 124 valence electrons. The van der Waals surface area contributed by atoms with Gasteiger partial charge in [0.25, 0.3) is 0 Å². The Labute approximate surface area is 141 Å². The maximum atomic E-state index is 6.00. The van der Waals surface area contributed by atoms with Crippen LogP contribution in [0.25, 0.3) is 5.57 Å². The molecule has 3 nitrogen and oxygen atoms in total. The van der Waals surface area contributed by atoms with E-state index in [1.54, 1.807) is 12.3 Å². The Morgan fingerprint density at radius 3 is 2.13 bits per heavy atom. The molecule has 0 spiro atoms. The van der Waals surface area contributed by atoms with E-state index in [2.05, 4.69) is 18.1 Å². The maximum absolute atomic E-state index is 6.00.